The van der Waals surface area contributed by atoms with Crippen molar-refractivity contribution in [2.24, 2.45) is 0 Å². The number of hydrogen-bond acceptors (Lipinski definition) is 1. The van der Waals surface area contributed by atoms with Gasteiger partial charge < -0.3 is 4.74 Å². The zero-order valence-electron chi connectivity index (χ0n) is 9.40. The Balaban J connectivity index is 2.38. The fourth-order valence-electron chi connectivity index (χ4n) is 1.42. The molecular formula is C11H15Cl3OSi. The lowest BCUT2D eigenvalue weighted by molar-refractivity contribution is 0.315. The Morgan fingerprint density at radius 1 is 1.19 bits per heavy atom. The molecule has 0 fully saturated rings. The smallest absolute Gasteiger partial charge is 0.341 e. The molecule has 0 aliphatic heterocycles. The van der Waals surface area contributed by atoms with Gasteiger partial charge in [-0.05, 0) is 37.9 Å². The summed E-state index contributed by atoms with van der Waals surface area (Å²) < 4.78 is 5.63. The Labute approximate surface area is 112 Å². The van der Waals surface area contributed by atoms with E-state index in [0.717, 1.165) is 17.7 Å². The van der Waals surface area contributed by atoms with E-state index in [1.807, 2.05) is 19.1 Å². The molecule has 0 bridgehead atoms. The maximum Gasteiger partial charge on any atom is 0.341 e. The first-order chi connectivity index (χ1) is 7.38. The van der Waals surface area contributed by atoms with Gasteiger partial charge >= 0.3 is 6.00 Å². The minimum Gasteiger partial charge on any atom is -0.493 e. The molecular weight excluding hydrogens is 283 g/mol. The van der Waals surface area contributed by atoms with Crippen LogP contribution in [0.25, 0.3) is 0 Å². The number of aryl methyl sites for hydroxylation is 2. The molecule has 1 rings (SSSR count). The summed E-state index contributed by atoms with van der Waals surface area (Å²) in [5.41, 5.74) is 2.38. The first-order valence-electron chi connectivity index (χ1n) is 5.15. The Morgan fingerprint density at radius 2 is 1.88 bits per heavy atom. The average Bonchev–Trinajstić information content (AvgIpc) is 2.13. The van der Waals surface area contributed by atoms with E-state index in [1.165, 1.54) is 5.56 Å². The molecule has 0 aliphatic rings. The van der Waals surface area contributed by atoms with E-state index in [1.54, 1.807) is 0 Å². The fraction of sp³-hybridized carbons (Fsp3) is 0.455. The molecule has 0 saturated heterocycles. The molecule has 1 nitrogen and oxygen atoms in total. The third-order valence-electron chi connectivity index (χ3n) is 2.19. The van der Waals surface area contributed by atoms with E-state index < -0.39 is 6.00 Å². The highest BCUT2D eigenvalue weighted by molar-refractivity contribution is 7.64. The zero-order valence-corrected chi connectivity index (χ0v) is 12.7. The quantitative estimate of drug-likeness (QED) is 0.434. The highest BCUT2D eigenvalue weighted by atomic mass is 35.8. The lowest BCUT2D eigenvalue weighted by Gasteiger charge is -2.11. The summed E-state index contributed by atoms with van der Waals surface area (Å²) in [6.45, 7) is 4.70. The van der Waals surface area contributed by atoms with Crippen LogP contribution in [0.4, 0.5) is 0 Å². The van der Waals surface area contributed by atoms with Gasteiger partial charge in [0.2, 0.25) is 0 Å². The van der Waals surface area contributed by atoms with E-state index in [2.05, 4.69) is 13.0 Å². The summed E-state index contributed by atoms with van der Waals surface area (Å²) in [4.78, 5) is 0. The van der Waals surface area contributed by atoms with Crippen molar-refractivity contribution in [1.82, 2.24) is 0 Å². The molecule has 0 spiro atoms. The molecule has 0 radical (unpaired) electrons. The van der Waals surface area contributed by atoms with Gasteiger partial charge in [0.1, 0.15) is 5.75 Å². The molecule has 0 saturated carbocycles. The second-order valence-electron chi connectivity index (χ2n) is 3.84. The van der Waals surface area contributed by atoms with Gasteiger partial charge in [-0.2, -0.15) is 0 Å². The van der Waals surface area contributed by atoms with Crippen LogP contribution in [-0.2, 0) is 0 Å². The monoisotopic (exact) mass is 296 g/mol. The predicted molar refractivity (Wildman–Crippen MR) is 74.1 cm³/mol. The largest absolute Gasteiger partial charge is 0.493 e. The highest BCUT2D eigenvalue weighted by Crippen LogP contribution is 2.26. The van der Waals surface area contributed by atoms with Crippen LogP contribution in [-0.4, -0.2) is 12.6 Å². The number of rotatable bonds is 5. The van der Waals surface area contributed by atoms with Gasteiger partial charge in [0.15, 0.2) is 0 Å². The van der Waals surface area contributed by atoms with Gasteiger partial charge in [-0.15, -0.1) is 33.2 Å². The van der Waals surface area contributed by atoms with Crippen LogP contribution in [0.1, 0.15) is 17.5 Å². The summed E-state index contributed by atoms with van der Waals surface area (Å²) in [7, 11) is 0. The molecule has 1 aromatic rings. The Kier molecular flexibility index (Phi) is 5.45. The molecule has 1 aromatic carbocycles. The normalized spacial score (nSPS) is 11.6. The topological polar surface area (TPSA) is 9.23 Å². The van der Waals surface area contributed by atoms with Gasteiger partial charge in [0.05, 0.1) is 6.61 Å². The van der Waals surface area contributed by atoms with Crippen LogP contribution in [0, 0.1) is 13.8 Å². The molecule has 0 aromatic heterocycles. The first-order valence-corrected chi connectivity index (χ1v) is 10.4. The van der Waals surface area contributed by atoms with Crippen LogP contribution in [0.5, 0.6) is 5.75 Å². The number of hydrogen-bond donors (Lipinski definition) is 0. The summed E-state index contributed by atoms with van der Waals surface area (Å²) in [5.74, 6) is 0.914. The van der Waals surface area contributed by atoms with Crippen molar-refractivity contribution in [1.29, 1.82) is 0 Å². The Morgan fingerprint density at radius 3 is 2.44 bits per heavy atom. The molecule has 5 heteroatoms. The van der Waals surface area contributed by atoms with E-state index in [9.17, 15) is 0 Å². The van der Waals surface area contributed by atoms with Crippen LogP contribution >= 0.6 is 33.2 Å². The lowest BCUT2D eigenvalue weighted by atomic mass is 10.1. The molecule has 0 unspecified atom stereocenters. The predicted octanol–water partition coefficient (Wildman–Crippen LogP) is 4.73. The van der Waals surface area contributed by atoms with E-state index in [-0.39, 0.29) is 0 Å². The Hall–Kier alpha value is 0.107. The molecule has 0 atom stereocenters. The minimum atomic E-state index is -2.48. The Bertz CT molecular complexity index is 350. The number of benzene rings is 1. The third kappa shape index (κ3) is 5.44. The summed E-state index contributed by atoms with van der Waals surface area (Å²) in [5, 5.41) is 0. The molecule has 0 aliphatic carbocycles. The van der Waals surface area contributed by atoms with Crippen molar-refractivity contribution in [2.75, 3.05) is 6.61 Å². The molecule has 16 heavy (non-hydrogen) atoms. The first kappa shape index (κ1) is 14.2. The number of halogens is 3. The van der Waals surface area contributed by atoms with Gasteiger partial charge in [-0.25, -0.2) is 0 Å². The molecule has 90 valence electrons. The van der Waals surface area contributed by atoms with E-state index >= 15 is 0 Å². The number of ether oxygens (including phenoxy) is 1. The second kappa shape index (κ2) is 6.15. The van der Waals surface area contributed by atoms with Gasteiger partial charge in [-0.3, -0.25) is 0 Å². The van der Waals surface area contributed by atoms with Crippen LogP contribution < -0.4 is 4.74 Å². The maximum absolute atomic E-state index is 5.78. The van der Waals surface area contributed by atoms with Gasteiger partial charge in [0, 0.05) is 0 Å². The molecule has 0 heterocycles. The van der Waals surface area contributed by atoms with Gasteiger partial charge in [0.25, 0.3) is 0 Å². The van der Waals surface area contributed by atoms with Crippen molar-refractivity contribution in [2.45, 2.75) is 26.3 Å². The van der Waals surface area contributed by atoms with Crippen molar-refractivity contribution in [3.05, 3.63) is 29.3 Å². The summed E-state index contributed by atoms with van der Waals surface area (Å²) >= 11 is 17.3. The fourth-order valence-corrected chi connectivity index (χ4v) is 3.16. The second-order valence-corrected chi connectivity index (χ2v) is 13.1. The van der Waals surface area contributed by atoms with E-state index in [0.29, 0.717) is 12.7 Å². The van der Waals surface area contributed by atoms with E-state index in [4.69, 9.17) is 38.0 Å². The maximum atomic E-state index is 5.78. The summed E-state index contributed by atoms with van der Waals surface area (Å²) in [6.07, 6.45) is 0.788. The van der Waals surface area contributed by atoms with Crippen molar-refractivity contribution in [3.63, 3.8) is 0 Å². The lowest BCUT2D eigenvalue weighted by Crippen LogP contribution is -2.11. The third-order valence-corrected chi connectivity index (χ3v) is 4.81. The highest BCUT2D eigenvalue weighted by Gasteiger charge is 2.23. The minimum absolute atomic E-state index is 0.602. The van der Waals surface area contributed by atoms with Gasteiger partial charge in [-0.1, -0.05) is 17.7 Å². The molecule has 0 N–H and O–H groups in total. The van der Waals surface area contributed by atoms with Crippen molar-refractivity contribution < 1.29 is 4.74 Å². The van der Waals surface area contributed by atoms with Crippen LogP contribution in [0.3, 0.4) is 0 Å². The SMILES string of the molecule is Cc1ccc(OCCC[Si](Cl)(Cl)Cl)c(C)c1. The molecule has 0 amide bonds. The van der Waals surface area contributed by atoms with Crippen LogP contribution in [0.15, 0.2) is 18.2 Å². The van der Waals surface area contributed by atoms with Crippen LogP contribution in [0.2, 0.25) is 6.04 Å². The standard InChI is InChI=1S/C11H15Cl3OSi/c1-9-4-5-11(10(2)8-9)15-6-3-7-16(12,13)14/h4-5,8H,3,6-7H2,1-2H3. The zero-order chi connectivity index (χ0) is 12.2. The summed E-state index contributed by atoms with van der Waals surface area (Å²) in [6, 6.07) is 4.27. The van der Waals surface area contributed by atoms with Crippen molar-refractivity contribution >= 4 is 39.2 Å². The average molecular weight is 298 g/mol. The van der Waals surface area contributed by atoms with Crippen molar-refractivity contribution in [3.8, 4) is 5.75 Å².